The zero-order valence-electron chi connectivity index (χ0n) is 11.0. The molecule has 2 aromatic rings. The van der Waals surface area contributed by atoms with Crippen molar-refractivity contribution in [3.63, 3.8) is 0 Å². The van der Waals surface area contributed by atoms with Crippen molar-refractivity contribution in [2.75, 3.05) is 7.05 Å². The summed E-state index contributed by atoms with van der Waals surface area (Å²) in [6.07, 6.45) is 0. The Bertz CT molecular complexity index is 522. The molecule has 0 spiro atoms. The van der Waals surface area contributed by atoms with Crippen LogP contribution in [0.1, 0.15) is 21.8 Å². The molecule has 0 atom stereocenters. The van der Waals surface area contributed by atoms with Gasteiger partial charge in [0, 0.05) is 17.5 Å². The van der Waals surface area contributed by atoms with E-state index in [-0.39, 0.29) is 0 Å². The lowest BCUT2D eigenvalue weighted by molar-refractivity contribution is 0.298. The lowest BCUT2D eigenvalue weighted by atomic mass is 10.1. The molecule has 0 fully saturated rings. The summed E-state index contributed by atoms with van der Waals surface area (Å²) < 4.78 is 5.85. The molecule has 0 saturated carbocycles. The summed E-state index contributed by atoms with van der Waals surface area (Å²) >= 11 is 1.65. The van der Waals surface area contributed by atoms with E-state index in [4.69, 9.17) is 4.74 Å². The van der Waals surface area contributed by atoms with Gasteiger partial charge in [-0.2, -0.15) is 0 Å². The van der Waals surface area contributed by atoms with E-state index in [1.807, 2.05) is 25.4 Å². The number of nitrogens with zero attached hydrogens (tertiary/aromatic N) is 1. The van der Waals surface area contributed by atoms with Gasteiger partial charge in [0.05, 0.1) is 10.7 Å². The summed E-state index contributed by atoms with van der Waals surface area (Å²) in [7, 11) is 1.94. The van der Waals surface area contributed by atoms with E-state index in [9.17, 15) is 0 Å². The third kappa shape index (κ3) is 3.31. The fourth-order valence-corrected chi connectivity index (χ4v) is 2.40. The van der Waals surface area contributed by atoms with Crippen LogP contribution in [0.25, 0.3) is 0 Å². The first-order valence-electron chi connectivity index (χ1n) is 5.97. The molecule has 0 unspecified atom stereocenters. The van der Waals surface area contributed by atoms with E-state index in [2.05, 4.69) is 29.4 Å². The maximum absolute atomic E-state index is 5.85. The number of benzene rings is 1. The Kier molecular flexibility index (Phi) is 4.33. The highest BCUT2D eigenvalue weighted by molar-refractivity contribution is 7.09. The van der Waals surface area contributed by atoms with Crippen LogP contribution in [0.5, 0.6) is 5.75 Å². The SMILES string of the molecule is CNCc1cc(C)ccc1OCc1csc(C)n1. The van der Waals surface area contributed by atoms with Crippen molar-refractivity contribution in [3.05, 3.63) is 45.4 Å². The quantitative estimate of drug-likeness (QED) is 0.899. The molecule has 96 valence electrons. The molecule has 2 rings (SSSR count). The Morgan fingerprint density at radius 1 is 1.33 bits per heavy atom. The van der Waals surface area contributed by atoms with E-state index < -0.39 is 0 Å². The molecule has 0 bridgehead atoms. The average molecular weight is 262 g/mol. The summed E-state index contributed by atoms with van der Waals surface area (Å²) in [4.78, 5) is 4.40. The number of hydrogen-bond donors (Lipinski definition) is 1. The van der Waals surface area contributed by atoms with E-state index >= 15 is 0 Å². The maximum Gasteiger partial charge on any atom is 0.131 e. The standard InChI is InChI=1S/C14H18N2OS/c1-10-4-5-14(12(6-10)7-15-3)17-8-13-9-18-11(2)16-13/h4-6,9,15H,7-8H2,1-3H3. The van der Waals surface area contributed by atoms with Crippen LogP contribution in [0.15, 0.2) is 23.6 Å². The zero-order valence-corrected chi connectivity index (χ0v) is 11.8. The van der Waals surface area contributed by atoms with Crippen molar-refractivity contribution in [2.24, 2.45) is 0 Å². The second-order valence-corrected chi connectivity index (χ2v) is 5.35. The fraction of sp³-hybridized carbons (Fsp3) is 0.357. The van der Waals surface area contributed by atoms with Gasteiger partial charge >= 0.3 is 0 Å². The van der Waals surface area contributed by atoms with Gasteiger partial charge in [0.1, 0.15) is 12.4 Å². The van der Waals surface area contributed by atoms with Crippen LogP contribution in [-0.2, 0) is 13.2 Å². The molecule has 0 saturated heterocycles. The van der Waals surface area contributed by atoms with Gasteiger partial charge < -0.3 is 10.1 Å². The Morgan fingerprint density at radius 3 is 2.83 bits per heavy atom. The number of aryl methyl sites for hydroxylation is 2. The molecule has 1 heterocycles. The van der Waals surface area contributed by atoms with E-state index in [0.717, 1.165) is 23.0 Å². The molecule has 1 N–H and O–H groups in total. The lowest BCUT2D eigenvalue weighted by Crippen LogP contribution is -2.08. The maximum atomic E-state index is 5.85. The van der Waals surface area contributed by atoms with Crippen LogP contribution in [0, 0.1) is 13.8 Å². The van der Waals surface area contributed by atoms with Crippen LogP contribution < -0.4 is 10.1 Å². The van der Waals surface area contributed by atoms with Gasteiger partial charge in [-0.15, -0.1) is 11.3 Å². The topological polar surface area (TPSA) is 34.1 Å². The second-order valence-electron chi connectivity index (χ2n) is 4.29. The molecular formula is C14H18N2OS. The molecule has 0 aliphatic carbocycles. The highest BCUT2D eigenvalue weighted by atomic mass is 32.1. The minimum absolute atomic E-state index is 0.532. The van der Waals surface area contributed by atoms with Crippen LogP contribution in [0.4, 0.5) is 0 Å². The number of nitrogens with one attached hydrogen (secondary N) is 1. The molecule has 0 aliphatic heterocycles. The molecule has 4 heteroatoms. The largest absolute Gasteiger partial charge is 0.487 e. The minimum Gasteiger partial charge on any atom is -0.487 e. The Morgan fingerprint density at radius 2 is 2.17 bits per heavy atom. The van der Waals surface area contributed by atoms with Crippen molar-refractivity contribution in [1.82, 2.24) is 10.3 Å². The number of hydrogen-bond acceptors (Lipinski definition) is 4. The normalized spacial score (nSPS) is 10.6. The van der Waals surface area contributed by atoms with Crippen molar-refractivity contribution in [1.29, 1.82) is 0 Å². The first kappa shape index (κ1) is 13.1. The molecular weight excluding hydrogens is 244 g/mol. The zero-order chi connectivity index (χ0) is 13.0. The molecule has 1 aromatic carbocycles. The Labute approximate surface area is 112 Å². The molecule has 0 radical (unpaired) electrons. The van der Waals surface area contributed by atoms with Crippen LogP contribution in [0.3, 0.4) is 0 Å². The van der Waals surface area contributed by atoms with Gasteiger partial charge in [0.15, 0.2) is 0 Å². The van der Waals surface area contributed by atoms with Crippen LogP contribution >= 0.6 is 11.3 Å². The third-order valence-electron chi connectivity index (χ3n) is 2.63. The second kappa shape index (κ2) is 5.98. The number of aromatic nitrogens is 1. The molecule has 3 nitrogen and oxygen atoms in total. The summed E-state index contributed by atoms with van der Waals surface area (Å²) in [6, 6.07) is 6.25. The lowest BCUT2D eigenvalue weighted by Gasteiger charge is -2.11. The average Bonchev–Trinajstić information content (AvgIpc) is 2.75. The van der Waals surface area contributed by atoms with Gasteiger partial charge in [-0.3, -0.25) is 0 Å². The number of thiazole rings is 1. The summed E-state index contributed by atoms with van der Waals surface area (Å²) in [5, 5.41) is 6.28. The smallest absolute Gasteiger partial charge is 0.131 e. The van der Waals surface area contributed by atoms with Gasteiger partial charge in [0.2, 0.25) is 0 Å². The van der Waals surface area contributed by atoms with E-state index in [1.54, 1.807) is 11.3 Å². The molecule has 1 aromatic heterocycles. The first-order chi connectivity index (χ1) is 8.69. The van der Waals surface area contributed by atoms with Crippen LogP contribution in [0.2, 0.25) is 0 Å². The van der Waals surface area contributed by atoms with E-state index in [1.165, 1.54) is 11.1 Å². The summed E-state index contributed by atoms with van der Waals surface area (Å²) in [5.74, 6) is 0.931. The number of rotatable bonds is 5. The minimum atomic E-state index is 0.532. The molecule has 18 heavy (non-hydrogen) atoms. The molecule has 0 aliphatic rings. The monoisotopic (exact) mass is 262 g/mol. The van der Waals surface area contributed by atoms with Gasteiger partial charge in [-0.05, 0) is 27.0 Å². The third-order valence-corrected chi connectivity index (χ3v) is 3.45. The highest BCUT2D eigenvalue weighted by Gasteiger charge is 2.05. The van der Waals surface area contributed by atoms with E-state index in [0.29, 0.717) is 6.61 Å². The van der Waals surface area contributed by atoms with Crippen molar-refractivity contribution in [2.45, 2.75) is 27.0 Å². The fourth-order valence-electron chi connectivity index (χ4n) is 1.80. The highest BCUT2D eigenvalue weighted by Crippen LogP contribution is 2.21. The summed E-state index contributed by atoms with van der Waals surface area (Å²) in [5.41, 5.74) is 3.43. The van der Waals surface area contributed by atoms with Gasteiger partial charge in [-0.1, -0.05) is 17.7 Å². The summed E-state index contributed by atoms with van der Waals surface area (Å²) in [6.45, 7) is 5.44. The first-order valence-corrected chi connectivity index (χ1v) is 6.85. The van der Waals surface area contributed by atoms with Gasteiger partial charge in [0.25, 0.3) is 0 Å². The Balaban J connectivity index is 2.08. The van der Waals surface area contributed by atoms with Gasteiger partial charge in [-0.25, -0.2) is 4.98 Å². The van der Waals surface area contributed by atoms with Crippen LogP contribution in [-0.4, -0.2) is 12.0 Å². The van der Waals surface area contributed by atoms with Crippen molar-refractivity contribution in [3.8, 4) is 5.75 Å². The predicted octanol–water partition coefficient (Wildman–Crippen LogP) is 3.06. The molecule has 0 amide bonds. The van der Waals surface area contributed by atoms with Crippen molar-refractivity contribution < 1.29 is 4.74 Å². The Hall–Kier alpha value is -1.39. The predicted molar refractivity (Wildman–Crippen MR) is 75.1 cm³/mol. The number of ether oxygens (including phenoxy) is 1. The van der Waals surface area contributed by atoms with Crippen molar-refractivity contribution >= 4 is 11.3 Å².